The first-order chi connectivity index (χ1) is 16.9. The normalized spacial score (nSPS) is 10.9. The molecular formula is C27H24FIN2O4. The Kier molecular flexibility index (Phi) is 9.49. The number of ether oxygens (including phenoxy) is 3. The van der Waals surface area contributed by atoms with Crippen LogP contribution in [0.5, 0.6) is 17.2 Å². The van der Waals surface area contributed by atoms with Gasteiger partial charge in [0.15, 0.2) is 11.5 Å². The number of methoxy groups -OCH3 is 1. The van der Waals surface area contributed by atoms with E-state index < -0.39 is 5.91 Å². The summed E-state index contributed by atoms with van der Waals surface area (Å²) >= 11 is 2.09. The third-order valence-electron chi connectivity index (χ3n) is 4.95. The summed E-state index contributed by atoms with van der Waals surface area (Å²) in [5, 5.41) is 12.3. The molecule has 0 fully saturated rings. The summed E-state index contributed by atoms with van der Waals surface area (Å²) in [6.45, 7) is 2.53. The highest BCUT2D eigenvalue weighted by atomic mass is 127. The first kappa shape index (κ1) is 26.0. The van der Waals surface area contributed by atoms with Crippen LogP contribution in [0, 0.1) is 20.7 Å². The zero-order valence-corrected chi connectivity index (χ0v) is 21.5. The highest BCUT2D eigenvalue weighted by molar-refractivity contribution is 14.1. The summed E-state index contributed by atoms with van der Waals surface area (Å²) in [6.07, 6.45) is 1.49. The van der Waals surface area contributed by atoms with Gasteiger partial charge in [0.1, 0.15) is 29.8 Å². The van der Waals surface area contributed by atoms with Crippen LogP contribution >= 0.6 is 22.6 Å². The highest BCUT2D eigenvalue weighted by Gasteiger charge is 2.15. The van der Waals surface area contributed by atoms with Crippen molar-refractivity contribution >= 4 is 34.6 Å². The van der Waals surface area contributed by atoms with Gasteiger partial charge in [-0.3, -0.25) is 4.79 Å². The van der Waals surface area contributed by atoms with Crippen LogP contribution in [0.4, 0.5) is 4.39 Å². The van der Waals surface area contributed by atoms with Crippen molar-refractivity contribution in [3.8, 4) is 23.3 Å². The lowest BCUT2D eigenvalue weighted by Gasteiger charge is -2.15. The van der Waals surface area contributed by atoms with Gasteiger partial charge >= 0.3 is 0 Å². The zero-order valence-electron chi connectivity index (χ0n) is 19.3. The molecule has 0 unspecified atom stereocenters. The molecule has 0 radical (unpaired) electrons. The second kappa shape index (κ2) is 12.8. The van der Waals surface area contributed by atoms with Crippen molar-refractivity contribution in [2.75, 3.05) is 13.7 Å². The van der Waals surface area contributed by atoms with Gasteiger partial charge in [0.2, 0.25) is 0 Å². The Labute approximate surface area is 217 Å². The summed E-state index contributed by atoms with van der Waals surface area (Å²) in [6, 6.07) is 19.1. The molecule has 1 amide bonds. The first-order valence-electron chi connectivity index (χ1n) is 10.8. The van der Waals surface area contributed by atoms with E-state index in [4.69, 9.17) is 14.2 Å². The molecule has 0 aliphatic carbocycles. The van der Waals surface area contributed by atoms with Crippen LogP contribution in [0.25, 0.3) is 6.08 Å². The summed E-state index contributed by atoms with van der Waals surface area (Å²) < 4.78 is 31.4. The molecule has 0 saturated carbocycles. The molecule has 3 rings (SSSR count). The average molecular weight is 586 g/mol. The fourth-order valence-corrected chi connectivity index (χ4v) is 3.96. The Morgan fingerprint density at radius 1 is 1.14 bits per heavy atom. The molecule has 0 heterocycles. The number of halogens is 2. The van der Waals surface area contributed by atoms with Crippen LogP contribution in [-0.4, -0.2) is 19.6 Å². The topological polar surface area (TPSA) is 80.6 Å². The molecule has 0 aliphatic rings. The minimum Gasteiger partial charge on any atom is -0.497 e. The van der Waals surface area contributed by atoms with Gasteiger partial charge in [-0.25, -0.2) is 4.39 Å². The lowest BCUT2D eigenvalue weighted by molar-refractivity contribution is -0.117. The van der Waals surface area contributed by atoms with E-state index >= 15 is 0 Å². The van der Waals surface area contributed by atoms with Crippen LogP contribution in [0.1, 0.15) is 23.6 Å². The maximum Gasteiger partial charge on any atom is 0.262 e. The van der Waals surface area contributed by atoms with Crippen LogP contribution in [0.2, 0.25) is 0 Å². The van der Waals surface area contributed by atoms with E-state index in [2.05, 4.69) is 27.9 Å². The minimum absolute atomic E-state index is 0.0369. The van der Waals surface area contributed by atoms with Crippen molar-refractivity contribution in [3.05, 3.63) is 92.3 Å². The Bertz CT molecular complexity index is 1250. The molecule has 0 saturated heterocycles. The smallest absolute Gasteiger partial charge is 0.262 e. The van der Waals surface area contributed by atoms with Crippen molar-refractivity contribution in [2.45, 2.75) is 20.1 Å². The Morgan fingerprint density at radius 2 is 1.89 bits per heavy atom. The summed E-state index contributed by atoms with van der Waals surface area (Å²) in [4.78, 5) is 12.6. The van der Waals surface area contributed by atoms with E-state index in [0.29, 0.717) is 32.8 Å². The third kappa shape index (κ3) is 7.20. The quantitative estimate of drug-likeness (QED) is 0.189. The van der Waals surface area contributed by atoms with Crippen molar-refractivity contribution < 1.29 is 23.4 Å². The number of nitrogens with one attached hydrogen (secondary N) is 1. The summed E-state index contributed by atoms with van der Waals surface area (Å²) in [5.41, 5.74) is 1.86. The molecule has 0 bridgehead atoms. The van der Waals surface area contributed by atoms with E-state index in [1.54, 1.807) is 49.6 Å². The molecule has 3 aromatic carbocycles. The Hall–Kier alpha value is -3.58. The molecule has 3 aromatic rings. The molecule has 180 valence electrons. The van der Waals surface area contributed by atoms with Crippen molar-refractivity contribution in [1.29, 1.82) is 5.26 Å². The summed E-state index contributed by atoms with van der Waals surface area (Å²) in [5.74, 6) is 0.794. The van der Waals surface area contributed by atoms with Gasteiger partial charge in [-0.1, -0.05) is 30.3 Å². The minimum atomic E-state index is -0.490. The number of nitriles is 1. The Morgan fingerprint density at radius 3 is 2.54 bits per heavy atom. The molecule has 6 nitrogen and oxygen atoms in total. The van der Waals surface area contributed by atoms with Crippen molar-refractivity contribution in [3.63, 3.8) is 0 Å². The molecule has 1 N–H and O–H groups in total. The molecule has 35 heavy (non-hydrogen) atoms. The molecular weight excluding hydrogens is 562 g/mol. The van der Waals surface area contributed by atoms with Gasteiger partial charge < -0.3 is 19.5 Å². The number of hydrogen-bond acceptors (Lipinski definition) is 5. The van der Waals surface area contributed by atoms with Crippen LogP contribution in [-0.2, 0) is 17.9 Å². The van der Waals surface area contributed by atoms with Gasteiger partial charge in [0.25, 0.3) is 5.91 Å². The predicted molar refractivity (Wildman–Crippen MR) is 139 cm³/mol. The second-order valence-corrected chi connectivity index (χ2v) is 8.51. The second-order valence-electron chi connectivity index (χ2n) is 7.34. The van der Waals surface area contributed by atoms with Crippen molar-refractivity contribution in [1.82, 2.24) is 5.32 Å². The van der Waals surface area contributed by atoms with Gasteiger partial charge in [0, 0.05) is 12.1 Å². The van der Waals surface area contributed by atoms with E-state index in [9.17, 15) is 14.4 Å². The zero-order chi connectivity index (χ0) is 25.2. The number of carbonyl (C=O) groups excluding carboxylic acids is 1. The molecule has 0 aliphatic heterocycles. The lowest BCUT2D eigenvalue weighted by Crippen LogP contribution is -2.23. The number of amides is 1. The number of carbonyl (C=O) groups is 1. The fraction of sp³-hybridized carbons (Fsp3) is 0.185. The van der Waals surface area contributed by atoms with E-state index in [0.717, 1.165) is 11.3 Å². The average Bonchev–Trinajstić information content (AvgIpc) is 2.86. The summed E-state index contributed by atoms with van der Waals surface area (Å²) in [7, 11) is 1.58. The highest BCUT2D eigenvalue weighted by Crippen LogP contribution is 2.35. The first-order valence-corrected chi connectivity index (χ1v) is 11.9. The van der Waals surface area contributed by atoms with E-state index in [1.807, 2.05) is 25.1 Å². The SMILES string of the molecule is CCOc1cc(/C=C(/C#N)C(=O)NCc2ccc(OC)cc2)cc(I)c1OCc1ccccc1F. The third-order valence-corrected chi connectivity index (χ3v) is 5.75. The van der Waals surface area contributed by atoms with E-state index in [1.165, 1.54) is 12.1 Å². The number of rotatable bonds is 10. The monoisotopic (exact) mass is 586 g/mol. The van der Waals surface area contributed by atoms with Crippen LogP contribution in [0.3, 0.4) is 0 Å². The number of nitrogens with zero attached hydrogens (tertiary/aromatic N) is 1. The van der Waals surface area contributed by atoms with Gasteiger partial charge in [-0.2, -0.15) is 5.26 Å². The van der Waals surface area contributed by atoms with Gasteiger partial charge in [0.05, 0.1) is 17.3 Å². The maximum atomic E-state index is 14.0. The number of benzene rings is 3. The van der Waals surface area contributed by atoms with E-state index in [-0.39, 0.29) is 24.5 Å². The van der Waals surface area contributed by atoms with Crippen LogP contribution < -0.4 is 19.5 Å². The van der Waals surface area contributed by atoms with Crippen LogP contribution in [0.15, 0.2) is 66.2 Å². The lowest BCUT2D eigenvalue weighted by atomic mass is 10.1. The standard InChI is InChI=1S/C27H24FIN2O4/c1-3-34-25-14-19(13-24(29)26(25)35-17-20-6-4-5-7-23(20)28)12-21(15-30)27(32)31-16-18-8-10-22(33-2)11-9-18/h4-14H,3,16-17H2,1-2H3,(H,31,32)/b21-12-. The fourth-order valence-electron chi connectivity index (χ4n) is 3.18. The molecule has 0 aromatic heterocycles. The molecule has 8 heteroatoms. The van der Waals surface area contributed by atoms with Gasteiger partial charge in [-0.05, 0) is 77.0 Å². The Balaban J connectivity index is 1.77. The molecule has 0 spiro atoms. The molecule has 0 atom stereocenters. The predicted octanol–water partition coefficient (Wildman–Crippen LogP) is 5.64. The maximum absolute atomic E-state index is 14.0. The largest absolute Gasteiger partial charge is 0.497 e. The van der Waals surface area contributed by atoms with Crippen molar-refractivity contribution in [2.24, 2.45) is 0 Å². The van der Waals surface area contributed by atoms with Gasteiger partial charge in [-0.15, -0.1) is 0 Å². The number of hydrogen-bond donors (Lipinski definition) is 1.